The fraction of sp³-hybridized carbons (Fsp3) is 0.875. The Morgan fingerprint density at radius 1 is 1.69 bits per heavy atom. The van der Waals surface area contributed by atoms with Crippen molar-refractivity contribution in [2.45, 2.75) is 25.6 Å². The normalized spacial score (nSPS) is 17.6. The number of halogens is 1. The fourth-order valence-electron chi connectivity index (χ4n) is 0.835. The Balaban J connectivity index is 4.21. The van der Waals surface area contributed by atoms with Gasteiger partial charge in [-0.1, -0.05) is 0 Å². The number of carbonyl (C=O) groups excluding carboxylic acids is 1. The number of rotatable bonds is 5. The summed E-state index contributed by atoms with van der Waals surface area (Å²) in [6, 6.07) is 0. The molecule has 0 radical (unpaired) electrons. The van der Waals surface area contributed by atoms with Crippen LogP contribution in [-0.2, 0) is 14.3 Å². The van der Waals surface area contributed by atoms with E-state index in [0.717, 1.165) is 0 Å². The summed E-state index contributed by atoms with van der Waals surface area (Å²) in [6.45, 7) is 2.57. The van der Waals surface area contributed by atoms with Gasteiger partial charge in [-0.05, 0) is 13.8 Å². The maximum absolute atomic E-state index is 13.1. The van der Waals surface area contributed by atoms with Gasteiger partial charge in [-0.25, -0.2) is 9.18 Å². The molecule has 0 fully saturated rings. The number of carbonyl (C=O) groups is 1. The number of aliphatic hydroxyl groups is 1. The maximum atomic E-state index is 13.1. The number of ether oxygens (including phenoxy) is 2. The van der Waals surface area contributed by atoms with Crippen molar-refractivity contribution in [1.29, 1.82) is 0 Å². The van der Waals surface area contributed by atoms with Crippen molar-refractivity contribution >= 4 is 5.97 Å². The molecule has 0 bridgehead atoms. The standard InChI is InChI=1S/C8H15FO4/c1-4-13-7(10)6(9)8(2,11)5-12-3/h6,11H,4-5H2,1-3H3. The van der Waals surface area contributed by atoms with Crippen LogP contribution in [0.3, 0.4) is 0 Å². The van der Waals surface area contributed by atoms with Gasteiger partial charge in [-0.15, -0.1) is 0 Å². The lowest BCUT2D eigenvalue weighted by atomic mass is 10.0. The maximum Gasteiger partial charge on any atom is 0.343 e. The van der Waals surface area contributed by atoms with Gasteiger partial charge in [0.05, 0.1) is 13.2 Å². The summed E-state index contributed by atoms with van der Waals surface area (Å²) >= 11 is 0. The summed E-state index contributed by atoms with van der Waals surface area (Å²) in [5.41, 5.74) is -1.83. The Morgan fingerprint density at radius 3 is 2.62 bits per heavy atom. The zero-order chi connectivity index (χ0) is 10.5. The van der Waals surface area contributed by atoms with Crippen LogP contribution in [0.25, 0.3) is 0 Å². The third-order valence-electron chi connectivity index (χ3n) is 1.48. The molecule has 5 heteroatoms. The molecule has 2 atom stereocenters. The molecule has 0 heterocycles. The van der Waals surface area contributed by atoms with Gasteiger partial charge in [0.2, 0.25) is 6.17 Å². The van der Waals surface area contributed by atoms with Crippen LogP contribution in [0, 0.1) is 0 Å². The zero-order valence-corrected chi connectivity index (χ0v) is 8.04. The zero-order valence-electron chi connectivity index (χ0n) is 8.04. The van der Waals surface area contributed by atoms with Crippen molar-refractivity contribution in [3.63, 3.8) is 0 Å². The second-order valence-corrected chi connectivity index (χ2v) is 2.90. The highest BCUT2D eigenvalue weighted by molar-refractivity contribution is 5.76. The third-order valence-corrected chi connectivity index (χ3v) is 1.48. The average Bonchev–Trinajstić information content (AvgIpc) is 2.03. The highest BCUT2D eigenvalue weighted by Crippen LogP contribution is 2.15. The molecule has 0 rings (SSSR count). The quantitative estimate of drug-likeness (QED) is 0.639. The highest BCUT2D eigenvalue weighted by atomic mass is 19.1. The van der Waals surface area contributed by atoms with Crippen molar-refractivity contribution in [1.82, 2.24) is 0 Å². The second kappa shape index (κ2) is 5.14. The van der Waals surface area contributed by atoms with Crippen LogP contribution >= 0.6 is 0 Å². The van der Waals surface area contributed by atoms with Crippen molar-refractivity contribution in [3.05, 3.63) is 0 Å². The van der Waals surface area contributed by atoms with E-state index in [0.29, 0.717) is 0 Å². The van der Waals surface area contributed by atoms with Crippen molar-refractivity contribution in [3.8, 4) is 0 Å². The van der Waals surface area contributed by atoms with E-state index >= 15 is 0 Å². The summed E-state index contributed by atoms with van der Waals surface area (Å²) in [6.07, 6.45) is -2.08. The van der Waals surface area contributed by atoms with E-state index in [2.05, 4.69) is 9.47 Å². The molecule has 0 aromatic heterocycles. The summed E-state index contributed by atoms with van der Waals surface area (Å²) in [4.78, 5) is 10.9. The van der Waals surface area contributed by atoms with E-state index in [9.17, 15) is 14.3 Å². The Morgan fingerprint density at radius 2 is 2.23 bits per heavy atom. The number of hydrogen-bond donors (Lipinski definition) is 1. The van der Waals surface area contributed by atoms with Crippen LogP contribution in [-0.4, -0.2) is 43.2 Å². The van der Waals surface area contributed by atoms with Crippen molar-refractivity contribution in [2.24, 2.45) is 0 Å². The van der Waals surface area contributed by atoms with E-state index in [1.807, 2.05) is 0 Å². The first-order valence-corrected chi connectivity index (χ1v) is 3.97. The number of esters is 1. The molecule has 4 nitrogen and oxygen atoms in total. The summed E-state index contributed by atoms with van der Waals surface area (Å²) in [5, 5.41) is 9.38. The number of alkyl halides is 1. The minimum absolute atomic E-state index is 0.0856. The number of hydrogen-bond acceptors (Lipinski definition) is 4. The average molecular weight is 194 g/mol. The fourth-order valence-corrected chi connectivity index (χ4v) is 0.835. The first-order chi connectivity index (χ1) is 5.95. The molecular weight excluding hydrogens is 179 g/mol. The Hall–Kier alpha value is -0.680. The van der Waals surface area contributed by atoms with Gasteiger partial charge >= 0.3 is 5.97 Å². The van der Waals surface area contributed by atoms with E-state index in [1.54, 1.807) is 6.92 Å². The molecule has 0 aromatic carbocycles. The van der Waals surface area contributed by atoms with Gasteiger partial charge in [0, 0.05) is 7.11 Å². The van der Waals surface area contributed by atoms with Crippen molar-refractivity contribution in [2.75, 3.05) is 20.3 Å². The summed E-state index contributed by atoms with van der Waals surface area (Å²) < 4.78 is 22.1. The number of methoxy groups -OCH3 is 1. The highest BCUT2D eigenvalue weighted by Gasteiger charge is 2.38. The van der Waals surface area contributed by atoms with Crippen LogP contribution in [0.4, 0.5) is 4.39 Å². The lowest BCUT2D eigenvalue weighted by molar-refractivity contribution is -0.163. The van der Waals surface area contributed by atoms with Crippen LogP contribution in [0.1, 0.15) is 13.8 Å². The lowest BCUT2D eigenvalue weighted by Crippen LogP contribution is -2.46. The van der Waals surface area contributed by atoms with Crippen molar-refractivity contribution < 1.29 is 23.8 Å². The third kappa shape index (κ3) is 3.69. The first-order valence-electron chi connectivity index (χ1n) is 3.97. The predicted molar refractivity (Wildman–Crippen MR) is 44.0 cm³/mol. The second-order valence-electron chi connectivity index (χ2n) is 2.90. The topological polar surface area (TPSA) is 55.8 Å². The molecule has 1 N–H and O–H groups in total. The molecule has 0 saturated heterocycles. The molecule has 0 aliphatic heterocycles. The first kappa shape index (κ1) is 12.3. The molecule has 78 valence electrons. The van der Waals surface area contributed by atoms with E-state index in [-0.39, 0.29) is 13.2 Å². The van der Waals surface area contributed by atoms with Gasteiger partial charge in [-0.2, -0.15) is 0 Å². The summed E-state index contributed by atoms with van der Waals surface area (Å²) in [7, 11) is 1.31. The van der Waals surface area contributed by atoms with E-state index in [4.69, 9.17) is 0 Å². The molecule has 0 amide bonds. The van der Waals surface area contributed by atoms with Gasteiger partial charge in [0.25, 0.3) is 0 Å². The van der Waals surface area contributed by atoms with E-state index < -0.39 is 17.7 Å². The minimum Gasteiger partial charge on any atom is -0.464 e. The SMILES string of the molecule is CCOC(=O)C(F)C(C)(O)COC. The molecular formula is C8H15FO4. The van der Waals surface area contributed by atoms with Gasteiger partial charge in [0.1, 0.15) is 5.60 Å². The molecule has 0 aromatic rings. The summed E-state index contributed by atoms with van der Waals surface area (Å²) in [5.74, 6) is -1.07. The van der Waals surface area contributed by atoms with Gasteiger partial charge in [0.15, 0.2) is 0 Å². The van der Waals surface area contributed by atoms with E-state index in [1.165, 1.54) is 14.0 Å². The smallest absolute Gasteiger partial charge is 0.343 e. The minimum atomic E-state index is -2.08. The molecule has 13 heavy (non-hydrogen) atoms. The molecule has 0 spiro atoms. The predicted octanol–water partition coefficient (Wildman–Crippen LogP) is 0.285. The molecule has 0 saturated carbocycles. The Bertz CT molecular complexity index is 170. The molecule has 0 aliphatic carbocycles. The largest absolute Gasteiger partial charge is 0.464 e. The van der Waals surface area contributed by atoms with Crippen LogP contribution < -0.4 is 0 Å². The molecule has 2 unspecified atom stereocenters. The van der Waals surface area contributed by atoms with Gasteiger partial charge < -0.3 is 14.6 Å². The van der Waals surface area contributed by atoms with Crippen LogP contribution in [0.15, 0.2) is 0 Å². The van der Waals surface area contributed by atoms with Crippen LogP contribution in [0.5, 0.6) is 0 Å². The Labute approximate surface area is 76.6 Å². The Kier molecular flexibility index (Phi) is 4.87. The van der Waals surface area contributed by atoms with Crippen LogP contribution in [0.2, 0.25) is 0 Å². The molecule has 0 aliphatic rings. The van der Waals surface area contributed by atoms with Gasteiger partial charge in [-0.3, -0.25) is 0 Å². The monoisotopic (exact) mass is 194 g/mol. The lowest BCUT2D eigenvalue weighted by Gasteiger charge is -2.24.